The van der Waals surface area contributed by atoms with Crippen LogP contribution in [-0.4, -0.2) is 34.0 Å². The number of carbonyl (C=O) groups excluding carboxylic acids is 1. The highest BCUT2D eigenvalue weighted by atomic mass is 16.5. The minimum Gasteiger partial charge on any atom is -0.341 e. The molecule has 0 bridgehead atoms. The second-order valence-corrected chi connectivity index (χ2v) is 9.30. The van der Waals surface area contributed by atoms with Crippen LogP contribution in [0.1, 0.15) is 62.9 Å². The lowest BCUT2D eigenvalue weighted by molar-refractivity contribution is -0.127. The Balaban J connectivity index is 1.43. The fraction of sp³-hybridized carbons (Fsp3) is 0.400. The zero-order valence-corrected chi connectivity index (χ0v) is 18.1. The van der Waals surface area contributed by atoms with Crippen LogP contribution < -0.4 is 0 Å². The third-order valence-corrected chi connectivity index (χ3v) is 5.88. The summed E-state index contributed by atoms with van der Waals surface area (Å²) in [4.78, 5) is 19.1. The van der Waals surface area contributed by atoms with Gasteiger partial charge in [0.05, 0.1) is 0 Å². The Morgan fingerprint density at radius 1 is 1.10 bits per heavy atom. The molecule has 4 rings (SSSR count). The van der Waals surface area contributed by atoms with Crippen molar-refractivity contribution in [2.45, 2.75) is 51.4 Å². The number of rotatable bonds is 5. The van der Waals surface area contributed by atoms with Gasteiger partial charge in [-0.1, -0.05) is 75.3 Å². The summed E-state index contributed by atoms with van der Waals surface area (Å²) in [6.45, 7) is 10.1. The van der Waals surface area contributed by atoms with Gasteiger partial charge in [-0.3, -0.25) is 4.79 Å². The van der Waals surface area contributed by atoms with Crippen LogP contribution in [0, 0.1) is 0 Å². The molecular weight excluding hydrogens is 374 g/mol. The number of likely N-dealkylation sites (tertiary alicyclic amines) is 1. The van der Waals surface area contributed by atoms with Crippen LogP contribution in [-0.2, 0) is 10.2 Å². The Bertz CT molecular complexity index is 1000. The first-order valence-corrected chi connectivity index (χ1v) is 10.6. The second-order valence-electron chi connectivity index (χ2n) is 9.30. The Kier molecular flexibility index (Phi) is 5.46. The summed E-state index contributed by atoms with van der Waals surface area (Å²) in [7, 11) is 0. The van der Waals surface area contributed by atoms with E-state index >= 15 is 0 Å². The van der Waals surface area contributed by atoms with Gasteiger partial charge in [0.2, 0.25) is 5.91 Å². The molecule has 1 fully saturated rings. The summed E-state index contributed by atoms with van der Waals surface area (Å²) in [6.07, 6.45) is 0.434. The van der Waals surface area contributed by atoms with E-state index in [4.69, 9.17) is 4.52 Å². The highest BCUT2D eigenvalue weighted by Gasteiger charge is 2.34. The Morgan fingerprint density at radius 2 is 1.80 bits per heavy atom. The fourth-order valence-electron chi connectivity index (χ4n) is 3.97. The molecule has 2 heterocycles. The van der Waals surface area contributed by atoms with E-state index in [2.05, 4.69) is 62.1 Å². The maximum absolute atomic E-state index is 12.6. The summed E-state index contributed by atoms with van der Waals surface area (Å²) in [6, 6.07) is 18.5. The third kappa shape index (κ3) is 4.30. The summed E-state index contributed by atoms with van der Waals surface area (Å²) in [5.41, 5.74) is 3.51. The molecule has 1 aromatic heterocycles. The smallest absolute Gasteiger partial charge is 0.257 e. The number of aromatic nitrogens is 2. The molecule has 0 spiro atoms. The fourth-order valence-corrected chi connectivity index (χ4v) is 3.97. The van der Waals surface area contributed by atoms with Crippen molar-refractivity contribution in [3.05, 3.63) is 71.5 Å². The number of hydrogen-bond donors (Lipinski definition) is 0. The lowest BCUT2D eigenvalue weighted by Crippen LogP contribution is -2.29. The Labute approximate surface area is 178 Å². The van der Waals surface area contributed by atoms with Gasteiger partial charge in [-0.2, -0.15) is 4.98 Å². The molecule has 2 atom stereocenters. The molecule has 3 aromatic rings. The molecule has 156 valence electrons. The highest BCUT2D eigenvalue weighted by molar-refractivity contribution is 5.79. The van der Waals surface area contributed by atoms with Crippen molar-refractivity contribution in [2.24, 2.45) is 0 Å². The van der Waals surface area contributed by atoms with Crippen LogP contribution in [0.15, 0.2) is 59.1 Å². The van der Waals surface area contributed by atoms with Crippen LogP contribution in [0.5, 0.6) is 0 Å². The molecule has 0 saturated carbocycles. The number of amides is 1. The average molecular weight is 404 g/mol. The predicted octanol–water partition coefficient (Wildman–Crippen LogP) is 5.15. The molecular formula is C25H29N3O2. The first-order chi connectivity index (χ1) is 14.3. The number of carbonyl (C=O) groups is 1. The van der Waals surface area contributed by atoms with Crippen LogP contribution in [0.3, 0.4) is 0 Å². The van der Waals surface area contributed by atoms with E-state index in [-0.39, 0.29) is 23.2 Å². The second kappa shape index (κ2) is 8.05. The maximum atomic E-state index is 12.6. The number of benzene rings is 2. The summed E-state index contributed by atoms with van der Waals surface area (Å²) in [5.74, 6) is 1.55. The molecule has 1 aliphatic heterocycles. The Hall–Kier alpha value is -2.95. The van der Waals surface area contributed by atoms with Crippen molar-refractivity contribution >= 4 is 5.91 Å². The van der Waals surface area contributed by atoms with E-state index in [0.717, 1.165) is 5.56 Å². The molecule has 5 heteroatoms. The first kappa shape index (κ1) is 20.3. The maximum Gasteiger partial charge on any atom is 0.257 e. The molecule has 0 N–H and O–H groups in total. The largest absolute Gasteiger partial charge is 0.341 e. The van der Waals surface area contributed by atoms with Gasteiger partial charge in [-0.15, -0.1) is 0 Å². The summed E-state index contributed by atoms with van der Waals surface area (Å²) in [5, 5.41) is 4.19. The number of nitrogens with zero attached hydrogens (tertiary/aromatic N) is 3. The highest BCUT2D eigenvalue weighted by Crippen LogP contribution is 2.31. The SMILES string of the molecule is CC(CN1CC(c2noc(-c3ccc(C(C)(C)C)cc3)n2)CC1=O)c1ccccc1. The van der Waals surface area contributed by atoms with E-state index in [9.17, 15) is 4.79 Å². The molecule has 2 unspecified atom stereocenters. The van der Waals surface area contributed by atoms with Crippen LogP contribution in [0.4, 0.5) is 0 Å². The van der Waals surface area contributed by atoms with Crippen molar-refractivity contribution in [2.75, 3.05) is 13.1 Å². The predicted molar refractivity (Wildman–Crippen MR) is 117 cm³/mol. The first-order valence-electron chi connectivity index (χ1n) is 10.6. The molecule has 0 radical (unpaired) electrons. The minimum atomic E-state index is -0.0215. The van der Waals surface area contributed by atoms with Crippen molar-refractivity contribution in [1.29, 1.82) is 0 Å². The van der Waals surface area contributed by atoms with Crippen molar-refractivity contribution in [3.63, 3.8) is 0 Å². The van der Waals surface area contributed by atoms with Crippen LogP contribution >= 0.6 is 0 Å². The lowest BCUT2D eigenvalue weighted by atomic mass is 9.87. The van der Waals surface area contributed by atoms with E-state index in [1.807, 2.05) is 35.2 Å². The normalized spacial score (nSPS) is 18.1. The van der Waals surface area contributed by atoms with E-state index in [0.29, 0.717) is 31.2 Å². The molecule has 1 saturated heterocycles. The van der Waals surface area contributed by atoms with E-state index in [1.54, 1.807) is 0 Å². The summed E-state index contributed by atoms with van der Waals surface area (Å²) >= 11 is 0. The molecule has 1 aliphatic rings. The summed E-state index contributed by atoms with van der Waals surface area (Å²) < 4.78 is 5.52. The van der Waals surface area contributed by atoms with Gasteiger partial charge >= 0.3 is 0 Å². The van der Waals surface area contributed by atoms with Gasteiger partial charge in [-0.05, 0) is 34.6 Å². The van der Waals surface area contributed by atoms with Gasteiger partial charge in [0, 0.05) is 31.0 Å². The Morgan fingerprint density at radius 3 is 2.47 bits per heavy atom. The topological polar surface area (TPSA) is 59.2 Å². The van der Waals surface area contributed by atoms with E-state index < -0.39 is 0 Å². The zero-order chi connectivity index (χ0) is 21.3. The van der Waals surface area contributed by atoms with Crippen molar-refractivity contribution < 1.29 is 9.32 Å². The lowest BCUT2D eigenvalue weighted by Gasteiger charge is -2.21. The van der Waals surface area contributed by atoms with Crippen molar-refractivity contribution in [1.82, 2.24) is 15.0 Å². The third-order valence-electron chi connectivity index (χ3n) is 5.88. The van der Waals surface area contributed by atoms with E-state index in [1.165, 1.54) is 11.1 Å². The molecule has 5 nitrogen and oxygen atoms in total. The minimum absolute atomic E-state index is 0.0215. The monoisotopic (exact) mass is 403 g/mol. The van der Waals surface area contributed by atoms with Crippen molar-refractivity contribution in [3.8, 4) is 11.5 Å². The molecule has 2 aromatic carbocycles. The average Bonchev–Trinajstić information content (AvgIpc) is 3.35. The van der Waals surface area contributed by atoms with Gasteiger partial charge in [0.1, 0.15) is 0 Å². The van der Waals surface area contributed by atoms with Gasteiger partial charge < -0.3 is 9.42 Å². The quantitative estimate of drug-likeness (QED) is 0.591. The molecule has 1 amide bonds. The standard InChI is InChI=1S/C25H29N3O2/c1-17(18-8-6-5-7-9-18)15-28-16-20(14-22(28)29)23-26-24(30-27-23)19-10-12-21(13-11-19)25(2,3)4/h5-13,17,20H,14-16H2,1-4H3. The van der Waals surface area contributed by atoms with Gasteiger partial charge in [-0.25, -0.2) is 0 Å². The molecule has 30 heavy (non-hydrogen) atoms. The zero-order valence-electron chi connectivity index (χ0n) is 18.1. The number of hydrogen-bond acceptors (Lipinski definition) is 4. The van der Waals surface area contributed by atoms with Crippen LogP contribution in [0.2, 0.25) is 0 Å². The van der Waals surface area contributed by atoms with Gasteiger partial charge in [0.25, 0.3) is 5.89 Å². The van der Waals surface area contributed by atoms with Gasteiger partial charge in [0.15, 0.2) is 5.82 Å². The molecule has 0 aliphatic carbocycles. The van der Waals surface area contributed by atoms with Crippen LogP contribution in [0.25, 0.3) is 11.5 Å².